The van der Waals surface area contributed by atoms with Crippen molar-refractivity contribution in [2.75, 3.05) is 0 Å². The quantitative estimate of drug-likeness (QED) is 0.617. The lowest BCUT2D eigenvalue weighted by Gasteiger charge is -1.98. The minimum atomic E-state index is 0.604. The zero-order chi connectivity index (χ0) is 8.39. The second-order valence-electron chi connectivity index (χ2n) is 2.41. The van der Waals surface area contributed by atoms with E-state index in [9.17, 15) is 0 Å². The molecule has 2 heterocycles. The molecule has 2 aromatic heterocycles. The summed E-state index contributed by atoms with van der Waals surface area (Å²) in [6.45, 7) is 1.90. The van der Waals surface area contributed by atoms with Gasteiger partial charge in [-0.15, -0.1) is 0 Å². The molecule has 0 bridgehead atoms. The van der Waals surface area contributed by atoms with E-state index < -0.39 is 0 Å². The lowest BCUT2D eigenvalue weighted by atomic mass is 10.5. The van der Waals surface area contributed by atoms with Gasteiger partial charge in [-0.3, -0.25) is 4.57 Å². The summed E-state index contributed by atoms with van der Waals surface area (Å²) in [7, 11) is 0. The largest absolute Gasteiger partial charge is 0.274 e. The maximum absolute atomic E-state index is 4.20. The second-order valence-corrected chi connectivity index (χ2v) is 2.41. The Balaban J connectivity index is 2.48. The van der Waals surface area contributed by atoms with Gasteiger partial charge in [-0.25, -0.2) is 15.0 Å². The predicted octanol–water partition coefficient (Wildman–Crippen LogP) is 0.771. The molecule has 0 aliphatic heterocycles. The Morgan fingerprint density at radius 1 is 1.50 bits per heavy atom. The highest BCUT2D eigenvalue weighted by Crippen LogP contribution is 1.98. The first-order chi connectivity index (χ1) is 5.86. The molecule has 12 heavy (non-hydrogen) atoms. The summed E-state index contributed by atoms with van der Waals surface area (Å²) in [6, 6.07) is 1.74. The van der Waals surface area contributed by atoms with E-state index in [-0.39, 0.29) is 0 Å². The molecule has 2 rings (SSSR count). The van der Waals surface area contributed by atoms with Gasteiger partial charge in [0, 0.05) is 18.1 Å². The van der Waals surface area contributed by atoms with Crippen LogP contribution in [-0.4, -0.2) is 19.5 Å². The summed E-state index contributed by atoms with van der Waals surface area (Å²) in [5.74, 6) is 0.604. The van der Waals surface area contributed by atoms with Gasteiger partial charge >= 0.3 is 0 Å². The second kappa shape index (κ2) is 2.73. The SMILES string of the molecule is Cc1c[c]nc(-n2ccnc2)n1. The van der Waals surface area contributed by atoms with E-state index in [0.717, 1.165) is 5.69 Å². The lowest BCUT2D eigenvalue weighted by molar-refractivity contribution is 0.906. The first-order valence-electron chi connectivity index (χ1n) is 3.56. The fraction of sp³-hybridized carbons (Fsp3) is 0.125. The van der Waals surface area contributed by atoms with Crippen LogP contribution in [0.5, 0.6) is 0 Å². The number of hydrogen-bond donors (Lipinski definition) is 0. The molecule has 0 spiro atoms. The average Bonchev–Trinajstić information content (AvgIpc) is 2.56. The number of rotatable bonds is 1. The fourth-order valence-corrected chi connectivity index (χ4v) is 0.891. The third-order valence-electron chi connectivity index (χ3n) is 1.45. The van der Waals surface area contributed by atoms with Crippen molar-refractivity contribution in [3.8, 4) is 5.95 Å². The Labute approximate surface area is 69.9 Å². The number of imidazole rings is 1. The molecule has 1 radical (unpaired) electrons. The molecule has 4 nitrogen and oxygen atoms in total. The molecule has 0 atom stereocenters. The van der Waals surface area contributed by atoms with E-state index in [0.29, 0.717) is 5.95 Å². The molecule has 0 fully saturated rings. The van der Waals surface area contributed by atoms with Gasteiger partial charge in [-0.05, 0) is 13.0 Å². The standard InChI is InChI=1S/C8H7N4/c1-7-2-3-10-8(11-7)12-5-4-9-6-12/h2,4-6H,1H3. The summed E-state index contributed by atoms with van der Waals surface area (Å²) in [4.78, 5) is 12.1. The molecule has 0 aliphatic rings. The topological polar surface area (TPSA) is 43.6 Å². The van der Waals surface area contributed by atoms with Gasteiger partial charge in [0.05, 0.1) is 6.20 Å². The molecule has 0 N–H and O–H groups in total. The van der Waals surface area contributed by atoms with Crippen LogP contribution in [0.15, 0.2) is 24.8 Å². The van der Waals surface area contributed by atoms with E-state index in [4.69, 9.17) is 0 Å². The lowest BCUT2D eigenvalue weighted by Crippen LogP contribution is -1.98. The summed E-state index contributed by atoms with van der Waals surface area (Å²) >= 11 is 0. The predicted molar refractivity (Wildman–Crippen MR) is 42.7 cm³/mol. The van der Waals surface area contributed by atoms with Crippen LogP contribution in [0.4, 0.5) is 0 Å². The van der Waals surface area contributed by atoms with Crippen molar-refractivity contribution in [3.63, 3.8) is 0 Å². The molecule has 0 amide bonds. The molecule has 59 valence electrons. The van der Waals surface area contributed by atoms with Crippen LogP contribution in [-0.2, 0) is 0 Å². The Morgan fingerprint density at radius 2 is 2.42 bits per heavy atom. The van der Waals surface area contributed by atoms with Crippen molar-refractivity contribution in [1.29, 1.82) is 0 Å². The van der Waals surface area contributed by atoms with Crippen molar-refractivity contribution in [1.82, 2.24) is 19.5 Å². The Kier molecular flexibility index (Phi) is 1.59. The Morgan fingerprint density at radius 3 is 3.08 bits per heavy atom. The van der Waals surface area contributed by atoms with Crippen LogP contribution in [0.3, 0.4) is 0 Å². The third kappa shape index (κ3) is 1.18. The van der Waals surface area contributed by atoms with Gasteiger partial charge in [-0.2, -0.15) is 0 Å². The van der Waals surface area contributed by atoms with Crippen LogP contribution in [0.25, 0.3) is 5.95 Å². The molecule has 2 aromatic rings. The maximum atomic E-state index is 4.20. The Bertz CT molecular complexity index is 366. The normalized spacial score (nSPS) is 10.1. The highest BCUT2D eigenvalue weighted by atomic mass is 15.2. The molecule has 0 saturated carbocycles. The monoisotopic (exact) mass is 159 g/mol. The van der Waals surface area contributed by atoms with E-state index in [1.54, 1.807) is 29.4 Å². The summed E-state index contributed by atoms with van der Waals surface area (Å²) in [5, 5.41) is 0. The first kappa shape index (κ1) is 6.97. The summed E-state index contributed by atoms with van der Waals surface area (Å²) in [5.41, 5.74) is 0.897. The molecular weight excluding hydrogens is 152 g/mol. The van der Waals surface area contributed by atoms with Crippen molar-refractivity contribution < 1.29 is 0 Å². The first-order valence-corrected chi connectivity index (χ1v) is 3.56. The van der Waals surface area contributed by atoms with E-state index >= 15 is 0 Å². The minimum Gasteiger partial charge on any atom is -0.274 e. The number of aromatic nitrogens is 4. The number of aryl methyl sites for hydroxylation is 1. The van der Waals surface area contributed by atoms with Crippen LogP contribution in [0.2, 0.25) is 0 Å². The zero-order valence-electron chi connectivity index (χ0n) is 6.60. The number of hydrogen-bond acceptors (Lipinski definition) is 3. The van der Waals surface area contributed by atoms with Gasteiger partial charge in [0.15, 0.2) is 0 Å². The highest BCUT2D eigenvalue weighted by molar-refractivity contribution is 5.12. The third-order valence-corrected chi connectivity index (χ3v) is 1.45. The average molecular weight is 159 g/mol. The van der Waals surface area contributed by atoms with E-state index in [1.165, 1.54) is 0 Å². The van der Waals surface area contributed by atoms with Gasteiger partial charge in [0.2, 0.25) is 5.95 Å². The van der Waals surface area contributed by atoms with Crippen LogP contribution < -0.4 is 0 Å². The number of nitrogens with zero attached hydrogens (tertiary/aromatic N) is 4. The minimum absolute atomic E-state index is 0.604. The van der Waals surface area contributed by atoms with Crippen LogP contribution in [0.1, 0.15) is 5.69 Å². The van der Waals surface area contributed by atoms with Crippen molar-refractivity contribution >= 4 is 0 Å². The van der Waals surface area contributed by atoms with Gasteiger partial charge in [-0.1, -0.05) is 0 Å². The molecule has 0 aliphatic carbocycles. The van der Waals surface area contributed by atoms with Crippen LogP contribution >= 0.6 is 0 Å². The van der Waals surface area contributed by atoms with E-state index in [1.807, 2.05) is 6.92 Å². The van der Waals surface area contributed by atoms with Crippen molar-refractivity contribution in [2.24, 2.45) is 0 Å². The van der Waals surface area contributed by atoms with E-state index in [2.05, 4.69) is 21.1 Å². The van der Waals surface area contributed by atoms with Gasteiger partial charge < -0.3 is 0 Å². The summed E-state index contributed by atoms with van der Waals surface area (Å²) < 4.78 is 1.74. The van der Waals surface area contributed by atoms with Gasteiger partial charge in [0.1, 0.15) is 6.33 Å². The smallest absolute Gasteiger partial charge is 0.235 e. The molecule has 0 aromatic carbocycles. The fourth-order valence-electron chi connectivity index (χ4n) is 0.891. The van der Waals surface area contributed by atoms with Gasteiger partial charge in [0.25, 0.3) is 0 Å². The van der Waals surface area contributed by atoms with Crippen molar-refractivity contribution in [2.45, 2.75) is 6.92 Å². The maximum Gasteiger partial charge on any atom is 0.235 e. The summed E-state index contributed by atoms with van der Waals surface area (Å²) in [6.07, 6.45) is 7.89. The van der Waals surface area contributed by atoms with Crippen molar-refractivity contribution in [3.05, 3.63) is 36.7 Å². The Hall–Kier alpha value is -1.71. The molecule has 0 unspecified atom stereocenters. The molecule has 0 saturated heterocycles. The molecule has 4 heteroatoms. The highest BCUT2D eigenvalue weighted by Gasteiger charge is 1.97. The van der Waals surface area contributed by atoms with Crippen LogP contribution in [0, 0.1) is 13.1 Å². The molecular formula is C8H7N4. The zero-order valence-corrected chi connectivity index (χ0v) is 6.60.